The molecule has 12 heavy (non-hydrogen) atoms. The minimum Gasteiger partial charge on any atom is -0.399 e. The zero-order valence-electron chi connectivity index (χ0n) is 7.25. The van der Waals surface area contributed by atoms with E-state index in [1.165, 1.54) is 0 Å². The summed E-state index contributed by atoms with van der Waals surface area (Å²) in [7, 11) is 0. The minimum atomic E-state index is -0.0794. The van der Waals surface area contributed by atoms with Crippen molar-refractivity contribution in [3.05, 3.63) is 29.3 Å². The summed E-state index contributed by atoms with van der Waals surface area (Å²) in [6.45, 7) is 2.42. The van der Waals surface area contributed by atoms with Gasteiger partial charge in [0.1, 0.15) is 0 Å². The van der Waals surface area contributed by atoms with Crippen molar-refractivity contribution in [2.24, 2.45) is 11.5 Å². The number of benzene rings is 1. The van der Waals surface area contributed by atoms with Gasteiger partial charge in [-0.25, -0.2) is 0 Å². The molecule has 3 heteroatoms. The van der Waals surface area contributed by atoms with Crippen molar-refractivity contribution in [1.29, 1.82) is 0 Å². The second-order valence-electron chi connectivity index (χ2n) is 2.96. The molecule has 3 nitrogen and oxygen atoms in total. The predicted molar refractivity (Wildman–Crippen MR) is 51.6 cm³/mol. The maximum absolute atomic E-state index is 5.75. The van der Waals surface area contributed by atoms with E-state index in [1.807, 2.05) is 25.1 Å². The van der Waals surface area contributed by atoms with Crippen LogP contribution in [0.3, 0.4) is 0 Å². The van der Waals surface area contributed by atoms with E-state index in [1.54, 1.807) is 0 Å². The summed E-state index contributed by atoms with van der Waals surface area (Å²) in [4.78, 5) is 0. The van der Waals surface area contributed by atoms with Crippen molar-refractivity contribution in [1.82, 2.24) is 0 Å². The highest BCUT2D eigenvalue weighted by Gasteiger charge is 2.03. The van der Waals surface area contributed by atoms with Gasteiger partial charge in [-0.1, -0.05) is 12.1 Å². The molecule has 0 bridgehead atoms. The molecule has 1 aromatic rings. The Morgan fingerprint density at radius 2 is 2.08 bits per heavy atom. The third-order valence-corrected chi connectivity index (χ3v) is 1.98. The van der Waals surface area contributed by atoms with Crippen LogP contribution in [0.2, 0.25) is 0 Å². The number of hydrogen-bond donors (Lipinski definition) is 3. The van der Waals surface area contributed by atoms with Crippen LogP contribution in [0.1, 0.15) is 17.2 Å². The Labute approximate surface area is 72.5 Å². The third kappa shape index (κ3) is 1.75. The first-order chi connectivity index (χ1) is 5.65. The molecule has 0 fully saturated rings. The fourth-order valence-corrected chi connectivity index (χ4v) is 1.07. The van der Waals surface area contributed by atoms with Crippen molar-refractivity contribution < 1.29 is 0 Å². The summed E-state index contributed by atoms with van der Waals surface area (Å²) >= 11 is 0. The van der Waals surface area contributed by atoms with Gasteiger partial charge in [0.2, 0.25) is 0 Å². The summed E-state index contributed by atoms with van der Waals surface area (Å²) in [5.41, 5.74) is 19.7. The molecular weight excluding hydrogens is 150 g/mol. The fraction of sp³-hybridized carbons (Fsp3) is 0.333. The number of hydrogen-bond acceptors (Lipinski definition) is 3. The van der Waals surface area contributed by atoms with Crippen LogP contribution in [0.25, 0.3) is 0 Å². The Balaban J connectivity index is 2.96. The average molecular weight is 165 g/mol. The third-order valence-electron chi connectivity index (χ3n) is 1.98. The highest BCUT2D eigenvalue weighted by atomic mass is 14.7. The normalized spacial score (nSPS) is 12.9. The molecule has 0 saturated carbocycles. The zero-order valence-corrected chi connectivity index (χ0v) is 7.25. The molecule has 1 rings (SSSR count). The summed E-state index contributed by atoms with van der Waals surface area (Å²) in [5.74, 6) is 0. The number of nitrogens with two attached hydrogens (primary N) is 3. The lowest BCUT2D eigenvalue weighted by Gasteiger charge is -2.10. The van der Waals surface area contributed by atoms with Crippen LogP contribution in [0.5, 0.6) is 0 Å². The van der Waals surface area contributed by atoms with E-state index in [0.717, 1.165) is 16.8 Å². The summed E-state index contributed by atoms with van der Waals surface area (Å²) in [6, 6.07) is 5.68. The van der Waals surface area contributed by atoms with E-state index in [9.17, 15) is 0 Å². The quantitative estimate of drug-likeness (QED) is 0.559. The molecule has 0 radical (unpaired) electrons. The van der Waals surface area contributed by atoms with Crippen molar-refractivity contribution >= 4 is 5.69 Å². The number of aryl methyl sites for hydroxylation is 1. The lowest BCUT2D eigenvalue weighted by Crippen LogP contribution is -2.20. The van der Waals surface area contributed by atoms with Crippen molar-refractivity contribution in [3.63, 3.8) is 0 Å². The number of anilines is 1. The van der Waals surface area contributed by atoms with Crippen molar-refractivity contribution in [2.75, 3.05) is 12.3 Å². The van der Waals surface area contributed by atoms with Gasteiger partial charge in [-0.2, -0.15) is 0 Å². The number of nitrogen functional groups attached to an aromatic ring is 1. The van der Waals surface area contributed by atoms with E-state index in [-0.39, 0.29) is 6.04 Å². The first-order valence-electron chi connectivity index (χ1n) is 3.97. The molecule has 1 aromatic carbocycles. The molecule has 0 aliphatic heterocycles. The Morgan fingerprint density at radius 3 is 2.58 bits per heavy atom. The average Bonchev–Trinajstić information content (AvgIpc) is 2.08. The first-order valence-corrected chi connectivity index (χ1v) is 3.97. The fourth-order valence-electron chi connectivity index (χ4n) is 1.07. The standard InChI is InChI=1S/C9H15N3/c1-6-4-7(9(12)5-10)2-3-8(6)11/h2-4,9H,5,10-12H2,1H3. The zero-order chi connectivity index (χ0) is 9.14. The van der Waals surface area contributed by atoms with Gasteiger partial charge < -0.3 is 17.2 Å². The Bertz CT molecular complexity index is 270. The maximum atomic E-state index is 5.75. The smallest absolute Gasteiger partial charge is 0.0419 e. The molecule has 0 spiro atoms. The van der Waals surface area contributed by atoms with E-state index in [0.29, 0.717) is 6.54 Å². The lowest BCUT2D eigenvalue weighted by atomic mass is 10.0. The van der Waals surface area contributed by atoms with Crippen LogP contribution in [0.4, 0.5) is 5.69 Å². The molecule has 0 amide bonds. The van der Waals surface area contributed by atoms with E-state index in [4.69, 9.17) is 17.2 Å². The van der Waals surface area contributed by atoms with Gasteiger partial charge in [0.15, 0.2) is 0 Å². The van der Waals surface area contributed by atoms with Gasteiger partial charge in [-0.05, 0) is 24.1 Å². The lowest BCUT2D eigenvalue weighted by molar-refractivity contribution is 0.736. The van der Waals surface area contributed by atoms with Gasteiger partial charge in [0.05, 0.1) is 0 Å². The van der Waals surface area contributed by atoms with Gasteiger partial charge in [0, 0.05) is 18.3 Å². The van der Waals surface area contributed by atoms with E-state index < -0.39 is 0 Å². The first kappa shape index (κ1) is 9.03. The molecule has 1 atom stereocenters. The van der Waals surface area contributed by atoms with Gasteiger partial charge in [-0.3, -0.25) is 0 Å². The molecule has 0 heterocycles. The molecule has 0 aliphatic rings. The molecule has 66 valence electrons. The van der Waals surface area contributed by atoms with E-state index >= 15 is 0 Å². The molecule has 0 aromatic heterocycles. The summed E-state index contributed by atoms with van der Waals surface area (Å²) in [6.07, 6.45) is 0. The second-order valence-corrected chi connectivity index (χ2v) is 2.96. The van der Waals surface area contributed by atoms with Crippen LogP contribution in [0.15, 0.2) is 18.2 Å². The van der Waals surface area contributed by atoms with Gasteiger partial charge in [0.25, 0.3) is 0 Å². The van der Waals surface area contributed by atoms with Gasteiger partial charge in [-0.15, -0.1) is 0 Å². The Morgan fingerprint density at radius 1 is 1.42 bits per heavy atom. The topological polar surface area (TPSA) is 78.1 Å². The summed E-state index contributed by atoms with van der Waals surface area (Å²) < 4.78 is 0. The van der Waals surface area contributed by atoms with Crippen LogP contribution >= 0.6 is 0 Å². The molecule has 1 unspecified atom stereocenters. The van der Waals surface area contributed by atoms with Crippen molar-refractivity contribution in [2.45, 2.75) is 13.0 Å². The van der Waals surface area contributed by atoms with Crippen LogP contribution in [0, 0.1) is 6.92 Å². The predicted octanol–water partition coefficient (Wildman–Crippen LogP) is 0.536. The molecule has 6 N–H and O–H groups in total. The van der Waals surface area contributed by atoms with Gasteiger partial charge >= 0.3 is 0 Å². The maximum Gasteiger partial charge on any atom is 0.0419 e. The Hall–Kier alpha value is -1.06. The summed E-state index contributed by atoms with van der Waals surface area (Å²) in [5, 5.41) is 0. The molecule has 0 aliphatic carbocycles. The highest BCUT2D eigenvalue weighted by molar-refractivity contribution is 5.48. The van der Waals surface area contributed by atoms with Crippen LogP contribution in [-0.2, 0) is 0 Å². The van der Waals surface area contributed by atoms with Crippen LogP contribution < -0.4 is 17.2 Å². The second kappa shape index (κ2) is 3.56. The van der Waals surface area contributed by atoms with Crippen LogP contribution in [-0.4, -0.2) is 6.54 Å². The van der Waals surface area contributed by atoms with Crippen molar-refractivity contribution in [3.8, 4) is 0 Å². The monoisotopic (exact) mass is 165 g/mol. The SMILES string of the molecule is Cc1cc(C(N)CN)ccc1N. The van der Waals surface area contributed by atoms with E-state index in [2.05, 4.69) is 0 Å². The Kier molecular flexibility index (Phi) is 2.68. The highest BCUT2D eigenvalue weighted by Crippen LogP contribution is 2.16. The largest absolute Gasteiger partial charge is 0.399 e. The molecular formula is C9H15N3. The molecule has 0 saturated heterocycles. The number of rotatable bonds is 2. The minimum absolute atomic E-state index is 0.0794.